The van der Waals surface area contributed by atoms with E-state index < -0.39 is 0 Å². The fourth-order valence-electron chi connectivity index (χ4n) is 2.59. The molecule has 0 bridgehead atoms. The van der Waals surface area contributed by atoms with E-state index in [-0.39, 0.29) is 12.5 Å². The van der Waals surface area contributed by atoms with Gasteiger partial charge in [0.1, 0.15) is 18.1 Å². The summed E-state index contributed by atoms with van der Waals surface area (Å²) in [7, 11) is 0. The first-order valence-corrected chi connectivity index (χ1v) is 9.25. The molecular weight excluding hydrogens is 350 g/mol. The quantitative estimate of drug-likeness (QED) is 0.657. The van der Waals surface area contributed by atoms with Gasteiger partial charge in [0, 0.05) is 5.02 Å². The fourth-order valence-corrected chi connectivity index (χ4v) is 2.70. The Hall–Kier alpha value is -2.20. The minimum atomic E-state index is -0.183. The Morgan fingerprint density at radius 2 is 1.69 bits per heavy atom. The first kappa shape index (κ1) is 20.1. The van der Waals surface area contributed by atoms with E-state index in [0.717, 1.165) is 34.7 Å². The Bertz CT molecular complexity index is 706. The molecule has 2 rings (SSSR count). The maximum absolute atomic E-state index is 11.9. The number of carbonyl (C=O) groups is 1. The van der Waals surface area contributed by atoms with Crippen LogP contribution in [0.5, 0.6) is 11.5 Å². The number of benzene rings is 2. The highest BCUT2D eigenvalue weighted by molar-refractivity contribution is 6.32. The van der Waals surface area contributed by atoms with Crippen molar-refractivity contribution in [3.63, 3.8) is 0 Å². The molecular formula is C21H26ClNO3. The zero-order valence-electron chi connectivity index (χ0n) is 15.6. The summed E-state index contributed by atoms with van der Waals surface area (Å²) < 4.78 is 11.2. The maximum atomic E-state index is 11.9. The van der Waals surface area contributed by atoms with Crippen molar-refractivity contribution in [3.8, 4) is 11.5 Å². The molecule has 0 saturated carbocycles. The van der Waals surface area contributed by atoms with Gasteiger partial charge in [-0.2, -0.15) is 0 Å². The number of carbonyl (C=O) groups excluding carboxylic acids is 1. The molecule has 4 nitrogen and oxygen atoms in total. The molecule has 0 aliphatic rings. The Morgan fingerprint density at radius 3 is 2.31 bits per heavy atom. The lowest BCUT2D eigenvalue weighted by Gasteiger charge is -2.11. The van der Waals surface area contributed by atoms with Crippen LogP contribution in [-0.4, -0.2) is 25.7 Å². The molecule has 0 atom stereocenters. The SMILES string of the molecule is CCCc1ccc(OCCNC(=O)COc2cc(C)c(Cl)c(C)c2)cc1. The average Bonchev–Trinajstić information content (AvgIpc) is 2.63. The van der Waals surface area contributed by atoms with Gasteiger partial charge >= 0.3 is 0 Å². The predicted octanol–water partition coefficient (Wildman–Crippen LogP) is 4.48. The van der Waals surface area contributed by atoms with Crippen LogP contribution in [0.25, 0.3) is 0 Å². The first-order valence-electron chi connectivity index (χ1n) is 8.87. The molecule has 0 fully saturated rings. The number of amides is 1. The fraction of sp³-hybridized carbons (Fsp3) is 0.381. The lowest BCUT2D eigenvalue weighted by atomic mass is 10.1. The second kappa shape index (κ2) is 10.1. The van der Waals surface area contributed by atoms with Crippen LogP contribution in [-0.2, 0) is 11.2 Å². The normalized spacial score (nSPS) is 10.5. The van der Waals surface area contributed by atoms with Crippen molar-refractivity contribution in [2.45, 2.75) is 33.6 Å². The Kier molecular flexibility index (Phi) is 7.79. The van der Waals surface area contributed by atoms with Crippen molar-refractivity contribution < 1.29 is 14.3 Å². The molecule has 5 heteroatoms. The molecule has 0 radical (unpaired) electrons. The molecule has 0 unspecified atom stereocenters. The number of hydrogen-bond acceptors (Lipinski definition) is 3. The summed E-state index contributed by atoms with van der Waals surface area (Å²) in [5, 5.41) is 3.50. The summed E-state index contributed by atoms with van der Waals surface area (Å²) in [5.41, 5.74) is 3.17. The minimum absolute atomic E-state index is 0.0355. The number of halogens is 1. The van der Waals surface area contributed by atoms with E-state index in [9.17, 15) is 4.79 Å². The summed E-state index contributed by atoms with van der Waals surface area (Å²) in [4.78, 5) is 11.9. The summed E-state index contributed by atoms with van der Waals surface area (Å²) in [5.74, 6) is 1.27. The highest BCUT2D eigenvalue weighted by atomic mass is 35.5. The highest BCUT2D eigenvalue weighted by Crippen LogP contribution is 2.25. The lowest BCUT2D eigenvalue weighted by Crippen LogP contribution is -2.32. The number of nitrogens with one attached hydrogen (secondary N) is 1. The molecule has 1 amide bonds. The lowest BCUT2D eigenvalue weighted by molar-refractivity contribution is -0.123. The van der Waals surface area contributed by atoms with Gasteiger partial charge in [-0.3, -0.25) is 4.79 Å². The van der Waals surface area contributed by atoms with E-state index in [1.54, 1.807) is 0 Å². The first-order chi connectivity index (χ1) is 12.5. The van der Waals surface area contributed by atoms with Crippen molar-refractivity contribution in [1.82, 2.24) is 5.32 Å². The monoisotopic (exact) mass is 375 g/mol. The van der Waals surface area contributed by atoms with Gasteiger partial charge in [0.2, 0.25) is 0 Å². The summed E-state index contributed by atoms with van der Waals surface area (Å²) >= 11 is 6.12. The van der Waals surface area contributed by atoms with E-state index in [4.69, 9.17) is 21.1 Å². The van der Waals surface area contributed by atoms with Crippen LogP contribution in [0.15, 0.2) is 36.4 Å². The summed E-state index contributed by atoms with van der Waals surface area (Å²) in [6.45, 7) is 6.79. The van der Waals surface area contributed by atoms with Crippen LogP contribution >= 0.6 is 11.6 Å². The zero-order chi connectivity index (χ0) is 18.9. The van der Waals surface area contributed by atoms with Crippen LogP contribution in [0.3, 0.4) is 0 Å². The predicted molar refractivity (Wildman–Crippen MR) is 105 cm³/mol. The van der Waals surface area contributed by atoms with Crippen molar-refractivity contribution in [3.05, 3.63) is 58.1 Å². The smallest absolute Gasteiger partial charge is 0.258 e. The standard InChI is InChI=1S/C21H26ClNO3/c1-4-5-17-6-8-18(9-7-17)25-11-10-23-20(24)14-26-19-12-15(2)21(22)16(3)13-19/h6-9,12-13H,4-5,10-11,14H2,1-3H3,(H,23,24). The van der Waals surface area contributed by atoms with Gasteiger partial charge in [-0.25, -0.2) is 0 Å². The minimum Gasteiger partial charge on any atom is -0.492 e. The topological polar surface area (TPSA) is 47.6 Å². The van der Waals surface area contributed by atoms with Crippen LogP contribution in [0.2, 0.25) is 5.02 Å². The molecule has 0 heterocycles. The number of hydrogen-bond donors (Lipinski definition) is 1. The van der Waals surface area contributed by atoms with Crippen LogP contribution < -0.4 is 14.8 Å². The van der Waals surface area contributed by atoms with E-state index in [1.807, 2.05) is 38.1 Å². The molecule has 26 heavy (non-hydrogen) atoms. The number of aryl methyl sites for hydroxylation is 3. The van der Waals surface area contributed by atoms with Crippen LogP contribution in [0.4, 0.5) is 0 Å². The second-order valence-corrected chi connectivity index (χ2v) is 6.63. The van der Waals surface area contributed by atoms with Crippen molar-refractivity contribution in [2.24, 2.45) is 0 Å². The van der Waals surface area contributed by atoms with Crippen molar-refractivity contribution in [1.29, 1.82) is 0 Å². The van der Waals surface area contributed by atoms with Gasteiger partial charge in [0.15, 0.2) is 6.61 Å². The largest absolute Gasteiger partial charge is 0.492 e. The Morgan fingerprint density at radius 1 is 1.04 bits per heavy atom. The van der Waals surface area contributed by atoms with E-state index in [0.29, 0.717) is 18.9 Å². The Labute approximate surface area is 160 Å². The van der Waals surface area contributed by atoms with Crippen molar-refractivity contribution in [2.75, 3.05) is 19.8 Å². The van der Waals surface area contributed by atoms with Gasteiger partial charge in [-0.1, -0.05) is 37.1 Å². The van der Waals surface area contributed by atoms with E-state index in [2.05, 4.69) is 24.4 Å². The summed E-state index contributed by atoms with van der Waals surface area (Å²) in [6.07, 6.45) is 2.20. The van der Waals surface area contributed by atoms with Gasteiger partial charge in [0.25, 0.3) is 5.91 Å². The molecule has 2 aromatic carbocycles. The van der Waals surface area contributed by atoms with Crippen LogP contribution in [0.1, 0.15) is 30.0 Å². The Balaban J connectivity index is 1.67. The molecule has 0 aromatic heterocycles. The molecule has 0 aliphatic heterocycles. The second-order valence-electron chi connectivity index (χ2n) is 6.25. The van der Waals surface area contributed by atoms with Gasteiger partial charge in [-0.15, -0.1) is 0 Å². The van der Waals surface area contributed by atoms with Gasteiger partial charge in [0.05, 0.1) is 6.54 Å². The number of ether oxygens (including phenoxy) is 2. The maximum Gasteiger partial charge on any atom is 0.258 e. The average molecular weight is 376 g/mol. The third kappa shape index (κ3) is 6.26. The molecule has 0 saturated heterocycles. The van der Waals surface area contributed by atoms with Crippen molar-refractivity contribution >= 4 is 17.5 Å². The van der Waals surface area contributed by atoms with E-state index >= 15 is 0 Å². The number of rotatable bonds is 9. The molecule has 0 spiro atoms. The third-order valence-corrected chi connectivity index (χ3v) is 4.53. The molecule has 140 valence electrons. The highest BCUT2D eigenvalue weighted by Gasteiger charge is 2.06. The van der Waals surface area contributed by atoms with Gasteiger partial charge in [-0.05, 0) is 61.2 Å². The molecule has 0 aliphatic carbocycles. The third-order valence-electron chi connectivity index (χ3n) is 3.93. The molecule has 1 N–H and O–H groups in total. The summed E-state index contributed by atoms with van der Waals surface area (Å²) in [6, 6.07) is 11.7. The zero-order valence-corrected chi connectivity index (χ0v) is 16.4. The van der Waals surface area contributed by atoms with Gasteiger partial charge < -0.3 is 14.8 Å². The molecule has 2 aromatic rings. The van der Waals surface area contributed by atoms with Crippen LogP contribution in [0, 0.1) is 13.8 Å². The van der Waals surface area contributed by atoms with E-state index in [1.165, 1.54) is 5.56 Å².